The summed E-state index contributed by atoms with van der Waals surface area (Å²) in [6.07, 6.45) is 6.99. The van der Waals surface area contributed by atoms with E-state index in [4.69, 9.17) is 0 Å². The third kappa shape index (κ3) is 2.87. The molecule has 8 heteroatoms. The highest BCUT2D eigenvalue weighted by Gasteiger charge is 2.36. The van der Waals surface area contributed by atoms with Crippen LogP contribution in [-0.2, 0) is 12.0 Å². The van der Waals surface area contributed by atoms with Gasteiger partial charge in [-0.1, -0.05) is 25.0 Å². The van der Waals surface area contributed by atoms with Crippen molar-refractivity contribution in [1.29, 1.82) is 0 Å². The third-order valence-electron chi connectivity index (χ3n) is 5.14. The standard InChI is InChI=1S/C18H18FN5O2/c19-13-5-3-4-12(8-13)18(6-1-2-7-18)11-24-9-14(16(26)15(25)10-24)17-20-22-23-21-17/h3-5,8-10,25H,1-2,6-7,11H2,(H,20,21,22,23). The molecule has 26 heavy (non-hydrogen) atoms. The van der Waals surface area contributed by atoms with Gasteiger partial charge in [0.2, 0.25) is 5.43 Å². The lowest BCUT2D eigenvalue weighted by Crippen LogP contribution is -2.29. The maximum atomic E-state index is 13.8. The molecule has 7 nitrogen and oxygen atoms in total. The minimum absolute atomic E-state index is 0.197. The van der Waals surface area contributed by atoms with Crippen molar-refractivity contribution >= 4 is 0 Å². The molecular formula is C18H18FN5O2. The predicted octanol–water partition coefficient (Wildman–Crippen LogP) is 2.39. The van der Waals surface area contributed by atoms with E-state index in [1.165, 1.54) is 12.3 Å². The number of hydrogen-bond acceptors (Lipinski definition) is 5. The van der Waals surface area contributed by atoms with Crippen molar-refractivity contribution in [2.45, 2.75) is 37.6 Å². The molecule has 0 saturated heterocycles. The molecule has 1 aromatic carbocycles. The van der Waals surface area contributed by atoms with Gasteiger partial charge in [-0.15, -0.1) is 5.10 Å². The summed E-state index contributed by atoms with van der Waals surface area (Å²) in [5, 5.41) is 23.3. The Morgan fingerprint density at radius 1 is 1.27 bits per heavy atom. The first-order chi connectivity index (χ1) is 12.6. The van der Waals surface area contributed by atoms with Gasteiger partial charge in [0.05, 0.1) is 5.56 Å². The molecule has 0 bridgehead atoms. The Hall–Kier alpha value is -3.03. The van der Waals surface area contributed by atoms with Crippen LogP contribution in [0.15, 0.2) is 41.5 Å². The van der Waals surface area contributed by atoms with Crippen molar-refractivity contribution in [3.8, 4) is 17.1 Å². The zero-order valence-electron chi connectivity index (χ0n) is 14.0. The highest BCUT2D eigenvalue weighted by atomic mass is 19.1. The molecule has 3 aromatic rings. The fraction of sp³-hybridized carbons (Fsp3) is 0.333. The molecule has 0 radical (unpaired) electrons. The van der Waals surface area contributed by atoms with E-state index in [2.05, 4.69) is 20.6 Å². The largest absolute Gasteiger partial charge is 0.503 e. The number of hydrogen-bond donors (Lipinski definition) is 2. The van der Waals surface area contributed by atoms with Crippen molar-refractivity contribution in [2.75, 3.05) is 0 Å². The molecule has 0 atom stereocenters. The van der Waals surface area contributed by atoms with E-state index < -0.39 is 5.43 Å². The van der Waals surface area contributed by atoms with Gasteiger partial charge in [-0.2, -0.15) is 0 Å². The van der Waals surface area contributed by atoms with Gasteiger partial charge in [-0.25, -0.2) is 9.49 Å². The van der Waals surface area contributed by atoms with Gasteiger partial charge in [0, 0.05) is 24.4 Å². The van der Waals surface area contributed by atoms with Crippen LogP contribution in [0.4, 0.5) is 4.39 Å². The number of pyridine rings is 1. The van der Waals surface area contributed by atoms with Gasteiger partial charge < -0.3 is 9.67 Å². The molecule has 0 amide bonds. The summed E-state index contributed by atoms with van der Waals surface area (Å²) in [7, 11) is 0. The molecule has 1 aliphatic carbocycles. The average molecular weight is 355 g/mol. The average Bonchev–Trinajstić information content (AvgIpc) is 3.30. The molecule has 0 spiro atoms. The molecule has 4 rings (SSSR count). The Morgan fingerprint density at radius 3 is 2.77 bits per heavy atom. The number of benzene rings is 1. The van der Waals surface area contributed by atoms with Crippen molar-refractivity contribution in [3.05, 3.63) is 58.3 Å². The number of tetrazole rings is 1. The van der Waals surface area contributed by atoms with Crippen LogP contribution < -0.4 is 5.43 Å². The molecule has 1 saturated carbocycles. The number of H-pyrrole nitrogens is 1. The first-order valence-corrected chi connectivity index (χ1v) is 8.51. The van der Waals surface area contributed by atoms with Crippen molar-refractivity contribution in [2.24, 2.45) is 0 Å². The Labute approximate surface area is 148 Å². The number of nitrogens with zero attached hydrogens (tertiary/aromatic N) is 4. The van der Waals surface area contributed by atoms with Crippen LogP contribution in [-0.4, -0.2) is 30.3 Å². The van der Waals surface area contributed by atoms with Crippen LogP contribution in [0, 0.1) is 5.82 Å². The normalized spacial score (nSPS) is 16.0. The Bertz CT molecular complexity index is 977. The van der Waals surface area contributed by atoms with E-state index in [0.717, 1.165) is 31.2 Å². The second kappa shape index (κ2) is 6.36. The van der Waals surface area contributed by atoms with Gasteiger partial charge in [-0.05, 0) is 41.0 Å². The third-order valence-corrected chi connectivity index (χ3v) is 5.14. The van der Waals surface area contributed by atoms with E-state index in [1.807, 2.05) is 6.07 Å². The van der Waals surface area contributed by atoms with Crippen molar-refractivity contribution in [3.63, 3.8) is 0 Å². The van der Waals surface area contributed by atoms with Crippen molar-refractivity contribution in [1.82, 2.24) is 25.2 Å². The van der Waals surface area contributed by atoms with Gasteiger partial charge in [0.1, 0.15) is 5.82 Å². The fourth-order valence-electron chi connectivity index (χ4n) is 3.91. The number of nitrogens with one attached hydrogen (secondary N) is 1. The summed E-state index contributed by atoms with van der Waals surface area (Å²) in [6.45, 7) is 0.527. The van der Waals surface area contributed by atoms with Crippen molar-refractivity contribution < 1.29 is 9.50 Å². The molecular weight excluding hydrogens is 337 g/mol. The zero-order chi connectivity index (χ0) is 18.1. The number of rotatable bonds is 4. The van der Waals surface area contributed by atoms with Crippen LogP contribution in [0.5, 0.6) is 5.75 Å². The second-order valence-electron chi connectivity index (χ2n) is 6.81. The lowest BCUT2D eigenvalue weighted by atomic mass is 9.78. The second-order valence-corrected chi connectivity index (χ2v) is 6.81. The Morgan fingerprint density at radius 2 is 2.08 bits per heavy atom. The molecule has 1 aliphatic rings. The van der Waals surface area contributed by atoms with Gasteiger partial charge in [0.25, 0.3) is 0 Å². The maximum absolute atomic E-state index is 13.8. The topological polar surface area (TPSA) is 96.7 Å². The van der Waals surface area contributed by atoms with E-state index in [0.29, 0.717) is 6.54 Å². The Balaban J connectivity index is 1.77. The lowest BCUT2D eigenvalue weighted by molar-refractivity contribution is 0.363. The highest BCUT2D eigenvalue weighted by molar-refractivity contribution is 5.54. The zero-order valence-corrected chi connectivity index (χ0v) is 14.0. The minimum Gasteiger partial charge on any atom is -0.503 e. The molecule has 2 aromatic heterocycles. The molecule has 0 unspecified atom stereocenters. The van der Waals surface area contributed by atoms with Crippen LogP contribution in [0.25, 0.3) is 11.4 Å². The van der Waals surface area contributed by atoms with Crippen LogP contribution in [0.3, 0.4) is 0 Å². The molecule has 2 heterocycles. The summed E-state index contributed by atoms with van der Waals surface area (Å²) < 4.78 is 15.6. The summed E-state index contributed by atoms with van der Waals surface area (Å²) >= 11 is 0. The van der Waals surface area contributed by atoms with E-state index in [9.17, 15) is 14.3 Å². The van der Waals surface area contributed by atoms with Crippen LogP contribution >= 0.6 is 0 Å². The number of aromatic nitrogens is 5. The SMILES string of the molecule is O=c1c(O)cn(CC2(c3cccc(F)c3)CCCC2)cc1-c1nnn[nH]1. The van der Waals surface area contributed by atoms with E-state index in [-0.39, 0.29) is 28.4 Å². The number of aromatic amines is 1. The first kappa shape index (κ1) is 16.4. The van der Waals surface area contributed by atoms with Crippen LogP contribution in [0.2, 0.25) is 0 Å². The smallest absolute Gasteiger partial charge is 0.234 e. The van der Waals surface area contributed by atoms with E-state index >= 15 is 0 Å². The number of halogens is 1. The quantitative estimate of drug-likeness (QED) is 0.749. The summed E-state index contributed by atoms with van der Waals surface area (Å²) in [4.78, 5) is 12.2. The molecule has 0 aliphatic heterocycles. The highest BCUT2D eigenvalue weighted by Crippen LogP contribution is 2.42. The monoisotopic (exact) mass is 355 g/mol. The fourth-order valence-corrected chi connectivity index (χ4v) is 3.91. The molecule has 1 fully saturated rings. The summed E-state index contributed by atoms with van der Waals surface area (Å²) in [5.41, 5.74) is 0.366. The summed E-state index contributed by atoms with van der Waals surface area (Å²) in [5.74, 6) is -0.429. The number of aromatic hydroxyl groups is 1. The predicted molar refractivity (Wildman–Crippen MR) is 92.1 cm³/mol. The van der Waals surface area contributed by atoms with Gasteiger partial charge >= 0.3 is 0 Å². The lowest BCUT2D eigenvalue weighted by Gasteiger charge is -2.31. The maximum Gasteiger partial charge on any atom is 0.234 e. The summed E-state index contributed by atoms with van der Waals surface area (Å²) in [6, 6.07) is 6.68. The molecule has 2 N–H and O–H groups in total. The first-order valence-electron chi connectivity index (χ1n) is 8.51. The minimum atomic E-state index is -0.536. The molecule has 134 valence electrons. The van der Waals surface area contributed by atoms with Gasteiger partial charge in [-0.3, -0.25) is 4.79 Å². The van der Waals surface area contributed by atoms with Gasteiger partial charge in [0.15, 0.2) is 11.6 Å². The van der Waals surface area contributed by atoms with Crippen LogP contribution in [0.1, 0.15) is 31.2 Å². The Kier molecular flexibility index (Phi) is 4.02. The van der Waals surface area contributed by atoms with E-state index in [1.54, 1.807) is 22.9 Å².